The molecule has 0 fully saturated rings. The molecule has 3 unspecified atom stereocenters. The van der Waals surface area contributed by atoms with Gasteiger partial charge in [0.25, 0.3) is 0 Å². The quantitative estimate of drug-likeness (QED) is 0.0872. The molecule has 10 heteroatoms. The fourth-order valence-electron chi connectivity index (χ4n) is 3.28. The van der Waals surface area contributed by atoms with Gasteiger partial charge < -0.3 is 24.9 Å². The third-order valence-corrected chi connectivity index (χ3v) is 6.25. The molecule has 9 nitrogen and oxygen atoms in total. The summed E-state index contributed by atoms with van der Waals surface area (Å²) in [5, 5.41) is 27.0. The van der Waals surface area contributed by atoms with Gasteiger partial charge in [0, 0.05) is 6.42 Å². The van der Waals surface area contributed by atoms with Crippen molar-refractivity contribution in [2.45, 2.75) is 115 Å². The average Bonchev–Trinajstić information content (AvgIpc) is 2.80. The molecule has 0 rings (SSSR count). The molecule has 33 heavy (non-hydrogen) atoms. The van der Waals surface area contributed by atoms with Gasteiger partial charge in [0.2, 0.25) is 0 Å². The largest absolute Gasteiger partial charge is 0.472 e. The Balaban J connectivity index is 3.67. The Morgan fingerprint density at radius 2 is 1.21 bits per heavy atom. The number of hydrogen-bond donors (Lipinski definition) is 4. The number of esters is 1. The smallest absolute Gasteiger partial charge is 0.457 e. The van der Waals surface area contributed by atoms with Crippen molar-refractivity contribution in [2.24, 2.45) is 0 Å². The van der Waals surface area contributed by atoms with Crippen LogP contribution in [-0.2, 0) is 23.1 Å². The van der Waals surface area contributed by atoms with E-state index in [1.807, 2.05) is 0 Å². The average molecular weight is 499 g/mol. The number of aliphatic hydroxyl groups is 3. The summed E-state index contributed by atoms with van der Waals surface area (Å²) in [6.07, 6.45) is 14.9. The Labute approximate surface area is 199 Å². The van der Waals surface area contributed by atoms with Gasteiger partial charge in [-0.2, -0.15) is 0 Å². The van der Waals surface area contributed by atoms with Crippen molar-refractivity contribution in [1.29, 1.82) is 0 Å². The Morgan fingerprint density at radius 1 is 0.758 bits per heavy atom. The number of aliphatic hydroxyl groups excluding tert-OH is 3. The van der Waals surface area contributed by atoms with E-state index < -0.39 is 52.4 Å². The van der Waals surface area contributed by atoms with E-state index in [-0.39, 0.29) is 6.42 Å². The number of phosphoric ester groups is 1. The number of hydrogen-bond acceptors (Lipinski definition) is 8. The van der Waals surface area contributed by atoms with Gasteiger partial charge in [0.15, 0.2) is 0 Å². The van der Waals surface area contributed by atoms with Crippen molar-refractivity contribution >= 4 is 13.8 Å². The monoisotopic (exact) mass is 498 g/mol. The van der Waals surface area contributed by atoms with Crippen LogP contribution in [0, 0.1) is 0 Å². The van der Waals surface area contributed by atoms with E-state index >= 15 is 0 Å². The highest BCUT2D eigenvalue weighted by atomic mass is 31.2. The van der Waals surface area contributed by atoms with Crippen molar-refractivity contribution in [3.8, 4) is 0 Å². The van der Waals surface area contributed by atoms with Gasteiger partial charge in [-0.15, -0.1) is 0 Å². The third-order valence-electron chi connectivity index (χ3n) is 5.30. The summed E-state index contributed by atoms with van der Waals surface area (Å²) in [6.45, 7) is -0.0697. The lowest BCUT2D eigenvalue weighted by atomic mass is 10.0. The maximum atomic E-state index is 11.9. The number of ether oxygens (including phenoxy) is 1. The molecule has 0 saturated heterocycles. The second-order valence-corrected chi connectivity index (χ2v) is 9.99. The molecule has 0 aromatic heterocycles. The fraction of sp³-hybridized carbons (Fsp3) is 0.957. The maximum Gasteiger partial charge on any atom is 0.472 e. The SMILES string of the molecule is CCCCCCCCCCCCCCCCC(=O)OC(CO)COP(=O)(O)OCC(O)CO. The first-order valence-corrected chi connectivity index (χ1v) is 14.0. The minimum atomic E-state index is -4.50. The van der Waals surface area contributed by atoms with Crippen LogP contribution in [0.2, 0.25) is 0 Å². The normalized spacial score (nSPS) is 15.2. The number of phosphoric acid groups is 1. The van der Waals surface area contributed by atoms with Gasteiger partial charge in [-0.3, -0.25) is 13.8 Å². The van der Waals surface area contributed by atoms with Crippen molar-refractivity contribution in [3.05, 3.63) is 0 Å². The second kappa shape index (κ2) is 22.0. The predicted molar refractivity (Wildman–Crippen MR) is 127 cm³/mol. The molecule has 0 spiro atoms. The van der Waals surface area contributed by atoms with Crippen molar-refractivity contribution < 1.29 is 43.4 Å². The minimum absolute atomic E-state index is 0.213. The standard InChI is InChI=1S/C23H47O9P/c1-2-3-4-5-6-7-8-9-10-11-12-13-14-15-16-23(27)32-22(18-25)20-31-33(28,29)30-19-21(26)17-24/h21-22,24-26H,2-20H2,1H3,(H,28,29). The highest BCUT2D eigenvalue weighted by molar-refractivity contribution is 7.47. The van der Waals surface area contributed by atoms with Crippen LogP contribution in [0.3, 0.4) is 0 Å². The molecule has 4 N–H and O–H groups in total. The molecule has 0 aromatic rings. The van der Waals surface area contributed by atoms with E-state index in [1.165, 1.54) is 64.2 Å². The van der Waals surface area contributed by atoms with E-state index in [9.17, 15) is 19.4 Å². The van der Waals surface area contributed by atoms with Crippen LogP contribution in [0.4, 0.5) is 0 Å². The molecule has 3 atom stereocenters. The first-order valence-electron chi connectivity index (χ1n) is 12.6. The van der Waals surface area contributed by atoms with Gasteiger partial charge in [0.05, 0.1) is 26.4 Å². The van der Waals surface area contributed by atoms with E-state index in [1.54, 1.807) is 0 Å². The zero-order valence-corrected chi connectivity index (χ0v) is 21.3. The van der Waals surface area contributed by atoms with Gasteiger partial charge in [0.1, 0.15) is 12.2 Å². The molecule has 0 aromatic carbocycles. The summed E-state index contributed by atoms with van der Waals surface area (Å²) in [4.78, 5) is 21.4. The van der Waals surface area contributed by atoms with E-state index in [0.717, 1.165) is 19.3 Å². The van der Waals surface area contributed by atoms with Crippen LogP contribution in [0.25, 0.3) is 0 Å². The van der Waals surface area contributed by atoms with Gasteiger partial charge in [-0.05, 0) is 6.42 Å². The second-order valence-electron chi connectivity index (χ2n) is 8.54. The molecule has 0 amide bonds. The number of rotatable bonds is 24. The van der Waals surface area contributed by atoms with Gasteiger partial charge >= 0.3 is 13.8 Å². The van der Waals surface area contributed by atoms with Crippen molar-refractivity contribution in [3.63, 3.8) is 0 Å². The zero-order chi connectivity index (χ0) is 24.8. The maximum absolute atomic E-state index is 11.9. The summed E-state index contributed by atoms with van der Waals surface area (Å²) in [7, 11) is -4.50. The molecule has 0 bridgehead atoms. The fourth-order valence-corrected chi connectivity index (χ4v) is 4.07. The minimum Gasteiger partial charge on any atom is -0.457 e. The summed E-state index contributed by atoms with van der Waals surface area (Å²) >= 11 is 0. The highest BCUT2D eigenvalue weighted by Crippen LogP contribution is 2.43. The lowest BCUT2D eigenvalue weighted by Gasteiger charge is -2.18. The van der Waals surface area contributed by atoms with Crippen LogP contribution in [0.15, 0.2) is 0 Å². The Hall–Kier alpha value is -0.540. The van der Waals surface area contributed by atoms with E-state index in [0.29, 0.717) is 6.42 Å². The summed E-state index contributed by atoms with van der Waals surface area (Å²) in [6, 6.07) is 0. The lowest BCUT2D eigenvalue weighted by molar-refractivity contribution is -0.153. The number of carbonyl (C=O) groups is 1. The highest BCUT2D eigenvalue weighted by Gasteiger charge is 2.25. The van der Waals surface area contributed by atoms with Gasteiger partial charge in [-0.25, -0.2) is 4.57 Å². The topological polar surface area (TPSA) is 143 Å². The molecule has 0 aliphatic heterocycles. The van der Waals surface area contributed by atoms with Crippen LogP contribution in [-0.4, -0.2) is 64.8 Å². The molecule has 0 aliphatic carbocycles. The van der Waals surface area contributed by atoms with Crippen LogP contribution in [0.5, 0.6) is 0 Å². The lowest BCUT2D eigenvalue weighted by Crippen LogP contribution is -2.27. The van der Waals surface area contributed by atoms with E-state index in [2.05, 4.69) is 16.0 Å². The Kier molecular flexibility index (Phi) is 21.6. The molecular weight excluding hydrogens is 451 g/mol. The summed E-state index contributed by atoms with van der Waals surface area (Å²) in [5.41, 5.74) is 0. The van der Waals surface area contributed by atoms with Gasteiger partial charge in [-0.1, -0.05) is 90.4 Å². The van der Waals surface area contributed by atoms with Crippen molar-refractivity contribution in [1.82, 2.24) is 0 Å². The first kappa shape index (κ1) is 32.5. The molecule has 0 saturated carbocycles. The van der Waals surface area contributed by atoms with Crippen LogP contribution >= 0.6 is 7.82 Å². The molecular formula is C23H47O9P. The molecule has 0 radical (unpaired) electrons. The summed E-state index contributed by atoms with van der Waals surface area (Å²) in [5.74, 6) is -0.499. The molecule has 198 valence electrons. The Morgan fingerprint density at radius 3 is 1.67 bits per heavy atom. The zero-order valence-electron chi connectivity index (χ0n) is 20.4. The van der Waals surface area contributed by atoms with Crippen LogP contribution < -0.4 is 0 Å². The third kappa shape index (κ3) is 21.7. The number of carbonyl (C=O) groups excluding carboxylic acids is 1. The van der Waals surface area contributed by atoms with Crippen molar-refractivity contribution in [2.75, 3.05) is 26.4 Å². The molecule has 0 aliphatic rings. The van der Waals surface area contributed by atoms with E-state index in [4.69, 9.17) is 14.9 Å². The summed E-state index contributed by atoms with van der Waals surface area (Å²) < 4.78 is 25.9. The Bertz CT molecular complexity index is 504. The molecule has 0 heterocycles. The predicted octanol–water partition coefficient (Wildman–Crippen LogP) is 4.25. The van der Waals surface area contributed by atoms with Crippen LogP contribution in [0.1, 0.15) is 103 Å². The number of unbranched alkanes of at least 4 members (excludes halogenated alkanes) is 13. The first-order chi connectivity index (χ1) is 15.8.